The Morgan fingerprint density at radius 3 is 2.18 bits per heavy atom. The largest absolute Gasteiger partial charge is 0.335 e. The molecule has 0 saturated carbocycles. The molecule has 33 heavy (non-hydrogen) atoms. The summed E-state index contributed by atoms with van der Waals surface area (Å²) in [7, 11) is 0. The fraction of sp³-hybridized carbons (Fsp3) is 0.192. The highest BCUT2D eigenvalue weighted by atomic mass is 79.9. The number of imide groups is 2. The molecule has 1 saturated heterocycles. The molecule has 3 aromatic rings. The highest BCUT2D eigenvalue weighted by Gasteiger charge is 2.37. The molecule has 7 heteroatoms. The first kappa shape index (κ1) is 22.7. The Kier molecular flexibility index (Phi) is 5.84. The number of para-hydroxylation sites is 1. The van der Waals surface area contributed by atoms with Crippen molar-refractivity contribution in [3.05, 3.63) is 86.2 Å². The number of benzene rings is 2. The highest BCUT2D eigenvalue weighted by molar-refractivity contribution is 9.10. The Labute approximate surface area is 201 Å². The van der Waals surface area contributed by atoms with E-state index >= 15 is 0 Å². The second kappa shape index (κ2) is 8.48. The van der Waals surface area contributed by atoms with Crippen LogP contribution in [0.15, 0.2) is 52.5 Å². The van der Waals surface area contributed by atoms with Gasteiger partial charge in [0.05, 0.1) is 11.4 Å². The van der Waals surface area contributed by atoms with Crippen molar-refractivity contribution in [1.82, 2.24) is 9.88 Å². The fourth-order valence-electron chi connectivity index (χ4n) is 4.25. The van der Waals surface area contributed by atoms with Gasteiger partial charge in [-0.1, -0.05) is 34.1 Å². The molecular weight excluding hydrogens is 482 g/mol. The van der Waals surface area contributed by atoms with Gasteiger partial charge in [0, 0.05) is 15.9 Å². The number of hydrogen-bond donors (Lipinski definition) is 1. The van der Waals surface area contributed by atoms with Crippen LogP contribution in [0.4, 0.5) is 10.5 Å². The molecule has 1 aromatic heterocycles. The van der Waals surface area contributed by atoms with Gasteiger partial charge in [-0.2, -0.15) is 0 Å². The van der Waals surface area contributed by atoms with Crippen molar-refractivity contribution in [2.75, 3.05) is 4.90 Å². The van der Waals surface area contributed by atoms with E-state index in [0.29, 0.717) is 5.69 Å². The van der Waals surface area contributed by atoms with E-state index in [1.54, 1.807) is 24.3 Å². The average Bonchev–Trinajstić information content (AvgIpc) is 3.01. The van der Waals surface area contributed by atoms with Crippen LogP contribution in [0.25, 0.3) is 11.8 Å². The molecule has 0 radical (unpaired) electrons. The number of halogens is 1. The molecule has 168 valence electrons. The second-order valence-electron chi connectivity index (χ2n) is 8.29. The third-order valence-corrected chi connectivity index (χ3v) is 6.82. The fourth-order valence-corrected chi connectivity index (χ4v) is 4.50. The summed E-state index contributed by atoms with van der Waals surface area (Å²) in [5, 5.41) is 2.29. The normalized spacial score (nSPS) is 15.4. The van der Waals surface area contributed by atoms with Gasteiger partial charge in [0.15, 0.2) is 0 Å². The summed E-state index contributed by atoms with van der Waals surface area (Å²) in [6, 6.07) is 12.5. The zero-order valence-corrected chi connectivity index (χ0v) is 20.7. The van der Waals surface area contributed by atoms with E-state index in [1.807, 2.05) is 32.9 Å². The molecule has 0 unspecified atom stereocenters. The van der Waals surface area contributed by atoms with E-state index in [-0.39, 0.29) is 5.57 Å². The molecular formula is C26H24BrN3O3. The predicted molar refractivity (Wildman–Crippen MR) is 133 cm³/mol. The summed E-state index contributed by atoms with van der Waals surface area (Å²) < 4.78 is 2.99. The quantitative estimate of drug-likeness (QED) is 0.380. The number of urea groups is 1. The van der Waals surface area contributed by atoms with Crippen LogP contribution < -0.4 is 10.2 Å². The lowest BCUT2D eigenvalue weighted by atomic mass is 10.1. The number of hydrogen-bond acceptors (Lipinski definition) is 3. The number of aromatic nitrogens is 1. The number of carbonyl (C=O) groups excluding carboxylic acids is 3. The summed E-state index contributed by atoms with van der Waals surface area (Å²) >= 11 is 3.42. The van der Waals surface area contributed by atoms with Crippen molar-refractivity contribution in [3.8, 4) is 5.69 Å². The average molecular weight is 506 g/mol. The number of nitrogens with zero attached hydrogens (tertiary/aromatic N) is 2. The van der Waals surface area contributed by atoms with E-state index in [4.69, 9.17) is 0 Å². The van der Waals surface area contributed by atoms with Crippen molar-refractivity contribution in [2.24, 2.45) is 0 Å². The molecule has 2 aromatic carbocycles. The van der Waals surface area contributed by atoms with Crippen molar-refractivity contribution in [2.45, 2.75) is 34.6 Å². The van der Waals surface area contributed by atoms with E-state index in [2.05, 4.69) is 51.8 Å². The van der Waals surface area contributed by atoms with Gasteiger partial charge in [-0.05, 0) is 87.2 Å². The van der Waals surface area contributed by atoms with Gasteiger partial charge in [0.1, 0.15) is 5.57 Å². The summed E-state index contributed by atoms with van der Waals surface area (Å²) in [6.07, 6.45) is 1.56. The first-order chi connectivity index (χ1) is 15.6. The van der Waals surface area contributed by atoms with Crippen LogP contribution in [-0.4, -0.2) is 22.4 Å². The van der Waals surface area contributed by atoms with E-state index in [0.717, 1.165) is 48.7 Å². The maximum Gasteiger partial charge on any atom is 0.335 e. The molecule has 1 aliphatic rings. The van der Waals surface area contributed by atoms with Crippen LogP contribution in [-0.2, 0) is 9.59 Å². The number of amides is 4. The van der Waals surface area contributed by atoms with Crippen molar-refractivity contribution >= 4 is 45.5 Å². The Bertz CT molecular complexity index is 1350. The molecule has 4 amide bonds. The molecule has 1 fully saturated rings. The van der Waals surface area contributed by atoms with Crippen molar-refractivity contribution in [1.29, 1.82) is 0 Å². The topological polar surface area (TPSA) is 71.4 Å². The number of aryl methyl sites for hydroxylation is 4. The van der Waals surface area contributed by atoms with Gasteiger partial charge in [-0.3, -0.25) is 14.9 Å². The van der Waals surface area contributed by atoms with Gasteiger partial charge in [-0.25, -0.2) is 9.69 Å². The third-order valence-electron chi connectivity index (χ3n) is 5.93. The lowest BCUT2D eigenvalue weighted by Crippen LogP contribution is -2.54. The predicted octanol–water partition coefficient (Wildman–Crippen LogP) is 5.45. The minimum Gasteiger partial charge on any atom is -0.317 e. The first-order valence-corrected chi connectivity index (χ1v) is 11.3. The molecule has 1 aliphatic heterocycles. The standard InChI is InChI=1S/C26H24BrN3O3/c1-14-7-6-8-15(2)23(14)29-17(4)12-19(18(29)5)13-21-24(31)28-26(33)30(25(21)32)20-9-10-22(27)16(3)11-20/h6-13H,1-5H3,(H,28,31,33)/b21-13+. The molecule has 0 atom stereocenters. The first-order valence-electron chi connectivity index (χ1n) is 10.5. The molecule has 0 spiro atoms. The second-order valence-corrected chi connectivity index (χ2v) is 9.15. The smallest absolute Gasteiger partial charge is 0.317 e. The van der Waals surface area contributed by atoms with Crippen molar-refractivity contribution in [3.63, 3.8) is 0 Å². The summed E-state index contributed by atoms with van der Waals surface area (Å²) in [5.74, 6) is -1.35. The number of barbiturate groups is 1. The van der Waals surface area contributed by atoms with Gasteiger partial charge < -0.3 is 4.57 Å². The van der Waals surface area contributed by atoms with Gasteiger partial charge in [0.2, 0.25) is 0 Å². The van der Waals surface area contributed by atoms with Crippen LogP contribution in [0.1, 0.15) is 33.6 Å². The number of rotatable bonds is 3. The van der Waals surface area contributed by atoms with E-state index in [9.17, 15) is 14.4 Å². The summed E-state index contributed by atoms with van der Waals surface area (Å²) in [4.78, 5) is 39.4. The minimum atomic E-state index is -0.759. The highest BCUT2D eigenvalue weighted by Crippen LogP contribution is 2.29. The van der Waals surface area contributed by atoms with Crippen LogP contribution in [0.3, 0.4) is 0 Å². The SMILES string of the molecule is Cc1cc(N2C(=O)NC(=O)/C(=C\c3cc(C)n(-c4c(C)cccc4C)c3C)C2=O)ccc1Br. The molecule has 4 rings (SSSR count). The third kappa shape index (κ3) is 3.93. The Hall–Kier alpha value is -3.45. The lowest BCUT2D eigenvalue weighted by Gasteiger charge is -2.26. The van der Waals surface area contributed by atoms with Gasteiger partial charge in [0.25, 0.3) is 11.8 Å². The van der Waals surface area contributed by atoms with Gasteiger partial charge >= 0.3 is 6.03 Å². The summed E-state index contributed by atoms with van der Waals surface area (Å²) in [5.41, 5.74) is 7.16. The Morgan fingerprint density at radius 2 is 1.55 bits per heavy atom. The van der Waals surface area contributed by atoms with Crippen LogP contribution in [0.2, 0.25) is 0 Å². The monoisotopic (exact) mass is 505 g/mol. The van der Waals surface area contributed by atoms with Crippen LogP contribution in [0.5, 0.6) is 0 Å². The number of carbonyl (C=O) groups is 3. The van der Waals surface area contributed by atoms with Crippen molar-refractivity contribution < 1.29 is 14.4 Å². The van der Waals surface area contributed by atoms with E-state index < -0.39 is 17.8 Å². The lowest BCUT2D eigenvalue weighted by molar-refractivity contribution is -0.122. The Balaban J connectivity index is 1.80. The Morgan fingerprint density at radius 1 is 0.879 bits per heavy atom. The van der Waals surface area contributed by atoms with Crippen LogP contribution in [0, 0.1) is 34.6 Å². The molecule has 1 N–H and O–H groups in total. The molecule has 0 aliphatic carbocycles. The van der Waals surface area contributed by atoms with E-state index in [1.165, 1.54) is 0 Å². The zero-order valence-electron chi connectivity index (χ0n) is 19.1. The maximum atomic E-state index is 13.3. The van der Waals surface area contributed by atoms with Gasteiger partial charge in [-0.15, -0.1) is 0 Å². The number of nitrogens with one attached hydrogen (secondary N) is 1. The zero-order chi connectivity index (χ0) is 24.0. The number of anilines is 1. The maximum absolute atomic E-state index is 13.3. The molecule has 6 nitrogen and oxygen atoms in total. The molecule has 0 bridgehead atoms. The summed E-state index contributed by atoms with van der Waals surface area (Å²) in [6.45, 7) is 9.92. The van der Waals surface area contributed by atoms with Crippen LogP contribution >= 0.6 is 15.9 Å². The molecule has 2 heterocycles. The minimum absolute atomic E-state index is 0.0862.